The molecule has 0 atom stereocenters. The lowest BCUT2D eigenvalue weighted by atomic mass is 9.90. The lowest BCUT2D eigenvalue weighted by Gasteiger charge is -2.32. The third-order valence-corrected chi connectivity index (χ3v) is 3.88. The van der Waals surface area contributed by atoms with Crippen LogP contribution in [0.15, 0.2) is 30.3 Å². The molecule has 3 heteroatoms. The molecular formula is C15H21NOS. The Morgan fingerprint density at radius 2 is 1.89 bits per heavy atom. The van der Waals surface area contributed by atoms with Crippen molar-refractivity contribution in [3.63, 3.8) is 0 Å². The first-order valence-corrected chi connectivity index (χ1v) is 7.35. The van der Waals surface area contributed by atoms with Crippen molar-refractivity contribution in [1.82, 2.24) is 4.90 Å². The Labute approximate surface area is 115 Å². The summed E-state index contributed by atoms with van der Waals surface area (Å²) in [6.07, 6.45) is 3.99. The Balaban J connectivity index is 1.78. The molecule has 1 fully saturated rings. The van der Waals surface area contributed by atoms with Crippen LogP contribution in [-0.4, -0.2) is 29.6 Å². The van der Waals surface area contributed by atoms with E-state index in [1.54, 1.807) is 0 Å². The maximum Gasteiger partial charge on any atom is 0.223 e. The summed E-state index contributed by atoms with van der Waals surface area (Å²) < 4.78 is 0. The lowest BCUT2D eigenvalue weighted by molar-refractivity contribution is -0.132. The number of likely N-dealkylation sites (tertiary alicyclic amines) is 1. The van der Waals surface area contributed by atoms with E-state index in [-0.39, 0.29) is 5.91 Å². The molecule has 1 amide bonds. The predicted octanol–water partition coefficient (Wildman–Crippen LogP) is 2.79. The highest BCUT2D eigenvalue weighted by Crippen LogP contribution is 2.22. The number of rotatable bonds is 4. The quantitative estimate of drug-likeness (QED) is 0.828. The minimum absolute atomic E-state index is 0.267. The van der Waals surface area contributed by atoms with Gasteiger partial charge in [0.15, 0.2) is 0 Å². The van der Waals surface area contributed by atoms with E-state index in [4.69, 9.17) is 0 Å². The molecule has 2 rings (SSSR count). The van der Waals surface area contributed by atoms with Crippen molar-refractivity contribution < 1.29 is 4.79 Å². The molecule has 18 heavy (non-hydrogen) atoms. The molecular weight excluding hydrogens is 242 g/mol. The minimum atomic E-state index is 0.267. The Hall–Kier alpha value is -0.960. The van der Waals surface area contributed by atoms with E-state index in [1.807, 2.05) is 4.90 Å². The molecule has 0 aliphatic carbocycles. The van der Waals surface area contributed by atoms with Gasteiger partial charge in [-0.1, -0.05) is 30.3 Å². The van der Waals surface area contributed by atoms with Crippen LogP contribution >= 0.6 is 12.6 Å². The Morgan fingerprint density at radius 1 is 1.22 bits per heavy atom. The summed E-state index contributed by atoms with van der Waals surface area (Å²) in [5, 5.41) is 0. The second-order valence-corrected chi connectivity index (χ2v) is 5.43. The van der Waals surface area contributed by atoms with Gasteiger partial charge in [-0.2, -0.15) is 12.6 Å². The summed E-state index contributed by atoms with van der Waals surface area (Å²) >= 11 is 4.12. The van der Waals surface area contributed by atoms with Crippen LogP contribution in [-0.2, 0) is 11.2 Å². The number of carbonyl (C=O) groups excluding carboxylic acids is 1. The fraction of sp³-hybridized carbons (Fsp3) is 0.533. The molecule has 0 spiro atoms. The van der Waals surface area contributed by atoms with Crippen LogP contribution in [0.4, 0.5) is 0 Å². The zero-order chi connectivity index (χ0) is 12.8. The topological polar surface area (TPSA) is 20.3 Å². The normalized spacial score (nSPS) is 16.8. The first-order valence-electron chi connectivity index (χ1n) is 6.72. The summed E-state index contributed by atoms with van der Waals surface area (Å²) in [5.74, 6) is 1.65. The van der Waals surface area contributed by atoms with Crippen LogP contribution in [0, 0.1) is 5.92 Å². The number of thiol groups is 1. The molecule has 0 saturated carbocycles. The predicted molar refractivity (Wildman–Crippen MR) is 77.9 cm³/mol. The number of piperidine rings is 1. The molecule has 1 aromatic rings. The largest absolute Gasteiger partial charge is 0.343 e. The van der Waals surface area contributed by atoms with Crippen molar-refractivity contribution in [2.24, 2.45) is 5.92 Å². The fourth-order valence-electron chi connectivity index (χ4n) is 2.59. The van der Waals surface area contributed by atoms with Gasteiger partial charge in [-0.25, -0.2) is 0 Å². The molecule has 0 unspecified atom stereocenters. The van der Waals surface area contributed by atoms with Crippen LogP contribution in [0.25, 0.3) is 0 Å². The average Bonchev–Trinajstić information content (AvgIpc) is 2.41. The molecule has 1 saturated heterocycles. The Bertz CT molecular complexity index is 371. The highest BCUT2D eigenvalue weighted by atomic mass is 32.1. The van der Waals surface area contributed by atoms with Crippen molar-refractivity contribution in [2.45, 2.75) is 25.7 Å². The zero-order valence-electron chi connectivity index (χ0n) is 10.7. The molecule has 0 radical (unpaired) electrons. The van der Waals surface area contributed by atoms with Crippen LogP contribution in [0.3, 0.4) is 0 Å². The Kier molecular flexibility index (Phi) is 5.12. The molecule has 0 N–H and O–H groups in total. The number of hydrogen-bond donors (Lipinski definition) is 1. The molecule has 1 aliphatic rings. The molecule has 2 nitrogen and oxygen atoms in total. The monoisotopic (exact) mass is 263 g/mol. The summed E-state index contributed by atoms with van der Waals surface area (Å²) in [7, 11) is 0. The van der Waals surface area contributed by atoms with E-state index in [9.17, 15) is 4.79 Å². The first kappa shape index (κ1) is 13.5. The maximum absolute atomic E-state index is 11.7. The van der Waals surface area contributed by atoms with Gasteiger partial charge in [-0.05, 0) is 36.5 Å². The molecule has 0 bridgehead atoms. The second-order valence-electron chi connectivity index (χ2n) is 4.99. The van der Waals surface area contributed by atoms with Gasteiger partial charge >= 0.3 is 0 Å². The number of hydrogen-bond acceptors (Lipinski definition) is 2. The second kappa shape index (κ2) is 6.83. The van der Waals surface area contributed by atoms with Crippen molar-refractivity contribution >= 4 is 18.5 Å². The van der Waals surface area contributed by atoms with Gasteiger partial charge in [0.2, 0.25) is 5.91 Å². The van der Waals surface area contributed by atoms with Crippen LogP contribution in [0.5, 0.6) is 0 Å². The van der Waals surface area contributed by atoms with Crippen LogP contribution < -0.4 is 0 Å². The Morgan fingerprint density at radius 3 is 2.50 bits per heavy atom. The highest BCUT2D eigenvalue weighted by molar-refractivity contribution is 7.80. The summed E-state index contributed by atoms with van der Waals surface area (Å²) in [4.78, 5) is 13.7. The van der Waals surface area contributed by atoms with Crippen LogP contribution in [0.1, 0.15) is 24.8 Å². The number of amides is 1. The van der Waals surface area contributed by atoms with Gasteiger partial charge in [-0.3, -0.25) is 4.79 Å². The van der Waals surface area contributed by atoms with E-state index in [0.717, 1.165) is 38.3 Å². The van der Waals surface area contributed by atoms with Gasteiger partial charge in [0.1, 0.15) is 0 Å². The van der Waals surface area contributed by atoms with E-state index in [0.29, 0.717) is 12.2 Å². The van der Waals surface area contributed by atoms with E-state index < -0.39 is 0 Å². The van der Waals surface area contributed by atoms with Crippen molar-refractivity contribution in [3.8, 4) is 0 Å². The van der Waals surface area contributed by atoms with E-state index in [2.05, 4.69) is 43.0 Å². The highest BCUT2D eigenvalue weighted by Gasteiger charge is 2.22. The lowest BCUT2D eigenvalue weighted by Crippen LogP contribution is -2.38. The smallest absolute Gasteiger partial charge is 0.223 e. The third kappa shape index (κ3) is 3.77. The van der Waals surface area contributed by atoms with Gasteiger partial charge in [0, 0.05) is 19.5 Å². The fourth-order valence-corrected chi connectivity index (χ4v) is 2.78. The standard InChI is InChI=1S/C15H21NOS/c17-15(8-11-18)16-9-6-14(7-10-16)12-13-4-2-1-3-5-13/h1-5,14,18H,6-12H2. The van der Waals surface area contributed by atoms with Gasteiger partial charge in [0.25, 0.3) is 0 Å². The zero-order valence-corrected chi connectivity index (χ0v) is 11.6. The maximum atomic E-state index is 11.7. The molecule has 1 heterocycles. The first-order chi connectivity index (χ1) is 8.79. The molecule has 1 aliphatic heterocycles. The summed E-state index contributed by atoms with van der Waals surface area (Å²) in [5.41, 5.74) is 1.41. The van der Waals surface area contributed by atoms with E-state index in [1.165, 1.54) is 5.56 Å². The van der Waals surface area contributed by atoms with Crippen molar-refractivity contribution in [2.75, 3.05) is 18.8 Å². The number of nitrogens with zero attached hydrogens (tertiary/aromatic N) is 1. The SMILES string of the molecule is O=C(CCS)N1CCC(Cc2ccccc2)CC1. The molecule has 98 valence electrons. The van der Waals surface area contributed by atoms with Gasteiger partial charge in [-0.15, -0.1) is 0 Å². The van der Waals surface area contributed by atoms with E-state index >= 15 is 0 Å². The van der Waals surface area contributed by atoms with Gasteiger partial charge < -0.3 is 4.90 Å². The van der Waals surface area contributed by atoms with Crippen LogP contribution in [0.2, 0.25) is 0 Å². The van der Waals surface area contributed by atoms with Crippen molar-refractivity contribution in [3.05, 3.63) is 35.9 Å². The minimum Gasteiger partial charge on any atom is -0.343 e. The molecule has 0 aromatic heterocycles. The molecule has 1 aromatic carbocycles. The number of benzene rings is 1. The number of carbonyl (C=O) groups is 1. The van der Waals surface area contributed by atoms with Gasteiger partial charge in [0.05, 0.1) is 0 Å². The third-order valence-electron chi connectivity index (χ3n) is 3.66. The van der Waals surface area contributed by atoms with Crippen molar-refractivity contribution in [1.29, 1.82) is 0 Å². The summed E-state index contributed by atoms with van der Waals surface area (Å²) in [6.45, 7) is 1.84. The average molecular weight is 263 g/mol. The summed E-state index contributed by atoms with van der Waals surface area (Å²) in [6, 6.07) is 10.6.